The van der Waals surface area contributed by atoms with Crippen LogP contribution < -0.4 is 16.6 Å². The van der Waals surface area contributed by atoms with Gasteiger partial charge in [0.1, 0.15) is 24.0 Å². The van der Waals surface area contributed by atoms with Gasteiger partial charge in [0.25, 0.3) is 0 Å². The van der Waals surface area contributed by atoms with E-state index in [1.807, 2.05) is 27.7 Å². The van der Waals surface area contributed by atoms with Gasteiger partial charge in [0.2, 0.25) is 0 Å². The van der Waals surface area contributed by atoms with Crippen LogP contribution in [0.25, 0.3) is 0 Å². The summed E-state index contributed by atoms with van der Waals surface area (Å²) in [6.45, 7) is 7.87. The van der Waals surface area contributed by atoms with Crippen molar-refractivity contribution in [2.24, 2.45) is 5.84 Å². The number of nitrogens with zero attached hydrogens (tertiary/aromatic N) is 2. The molecule has 0 unspecified atom stereocenters. The number of carbonyl (C=O) groups excluding carboxylic acids is 1. The van der Waals surface area contributed by atoms with Gasteiger partial charge in [-0.2, -0.15) is 0 Å². The SMILES string of the molecule is COC(=O)CNc1nc(C(C)(C)C)nc(NN)c1C. The maximum atomic E-state index is 11.2. The van der Waals surface area contributed by atoms with E-state index in [9.17, 15) is 4.79 Å². The predicted octanol–water partition coefficient (Wildman–Crippen LogP) is 0.953. The molecule has 0 amide bonds. The molecule has 4 N–H and O–H groups in total. The van der Waals surface area contributed by atoms with Crippen molar-refractivity contribution in [2.45, 2.75) is 33.1 Å². The molecule has 0 spiro atoms. The topological polar surface area (TPSA) is 102 Å². The molecule has 0 saturated heterocycles. The molecule has 0 fully saturated rings. The van der Waals surface area contributed by atoms with Crippen LogP contribution in [0.4, 0.5) is 11.6 Å². The van der Waals surface area contributed by atoms with Gasteiger partial charge in [-0.3, -0.25) is 4.79 Å². The molecule has 0 radical (unpaired) electrons. The molecule has 7 nitrogen and oxygen atoms in total. The highest BCUT2D eigenvalue weighted by Gasteiger charge is 2.21. The number of carbonyl (C=O) groups is 1. The summed E-state index contributed by atoms with van der Waals surface area (Å²) in [5, 5.41) is 2.93. The van der Waals surface area contributed by atoms with E-state index >= 15 is 0 Å². The highest BCUT2D eigenvalue weighted by Crippen LogP contribution is 2.25. The van der Waals surface area contributed by atoms with Gasteiger partial charge < -0.3 is 15.5 Å². The molecule has 0 bridgehead atoms. The van der Waals surface area contributed by atoms with Gasteiger partial charge in [-0.15, -0.1) is 0 Å². The van der Waals surface area contributed by atoms with E-state index < -0.39 is 0 Å². The van der Waals surface area contributed by atoms with Crippen LogP contribution in [-0.4, -0.2) is 29.6 Å². The van der Waals surface area contributed by atoms with E-state index in [1.165, 1.54) is 7.11 Å². The van der Waals surface area contributed by atoms with Crippen molar-refractivity contribution in [3.63, 3.8) is 0 Å². The van der Waals surface area contributed by atoms with E-state index in [2.05, 4.69) is 25.4 Å². The maximum Gasteiger partial charge on any atom is 0.325 e. The summed E-state index contributed by atoms with van der Waals surface area (Å²) in [6.07, 6.45) is 0. The minimum absolute atomic E-state index is 0.0436. The first kappa shape index (κ1) is 15.2. The van der Waals surface area contributed by atoms with Crippen LogP contribution >= 0.6 is 0 Å². The number of esters is 1. The van der Waals surface area contributed by atoms with E-state index in [0.717, 1.165) is 5.56 Å². The third-order valence-electron chi connectivity index (χ3n) is 2.58. The summed E-state index contributed by atoms with van der Waals surface area (Å²) >= 11 is 0. The first-order chi connectivity index (χ1) is 8.79. The number of hydrogen-bond acceptors (Lipinski definition) is 7. The molecule has 1 aromatic rings. The number of anilines is 2. The number of hydrazine groups is 1. The van der Waals surface area contributed by atoms with Crippen LogP contribution in [0.1, 0.15) is 32.2 Å². The van der Waals surface area contributed by atoms with E-state index in [0.29, 0.717) is 17.5 Å². The van der Waals surface area contributed by atoms with Crippen LogP contribution in [0.5, 0.6) is 0 Å². The third-order valence-corrected chi connectivity index (χ3v) is 2.58. The first-order valence-corrected chi connectivity index (χ1v) is 5.96. The Bertz CT molecular complexity index is 468. The minimum atomic E-state index is -0.363. The van der Waals surface area contributed by atoms with Gasteiger partial charge in [-0.1, -0.05) is 20.8 Å². The molecular weight excluding hydrogens is 246 g/mol. The molecule has 0 aliphatic rings. The molecule has 0 aliphatic carbocycles. The third kappa shape index (κ3) is 3.78. The minimum Gasteiger partial charge on any atom is -0.468 e. The van der Waals surface area contributed by atoms with Crippen molar-refractivity contribution < 1.29 is 9.53 Å². The number of hydrogen-bond donors (Lipinski definition) is 3. The molecule has 7 heteroatoms. The van der Waals surface area contributed by atoms with Gasteiger partial charge in [0, 0.05) is 11.0 Å². The zero-order chi connectivity index (χ0) is 14.6. The number of nitrogens with two attached hydrogens (primary N) is 1. The number of nitrogens with one attached hydrogen (secondary N) is 2. The standard InChI is InChI=1S/C12H21N5O2/c1-7-9(14-6-8(18)19-5)15-11(12(2,3)4)16-10(7)17-13/h6,13H2,1-5H3,(H2,14,15,16,17). The van der Waals surface area contributed by atoms with E-state index in [-0.39, 0.29) is 17.9 Å². The normalized spacial score (nSPS) is 11.1. The second-order valence-electron chi connectivity index (χ2n) is 5.19. The number of nitrogen functional groups attached to an aromatic ring is 1. The molecule has 106 valence electrons. The summed E-state index contributed by atoms with van der Waals surface area (Å²) in [7, 11) is 1.34. The maximum absolute atomic E-state index is 11.2. The zero-order valence-electron chi connectivity index (χ0n) is 12.0. The molecule has 1 rings (SSSR count). The van der Waals surface area contributed by atoms with Crippen LogP contribution in [0, 0.1) is 6.92 Å². The van der Waals surface area contributed by atoms with Gasteiger partial charge >= 0.3 is 5.97 Å². The summed E-state index contributed by atoms with van der Waals surface area (Å²) in [6, 6.07) is 0. The Morgan fingerprint density at radius 3 is 2.37 bits per heavy atom. The Balaban J connectivity index is 3.11. The average molecular weight is 267 g/mol. The molecule has 0 saturated carbocycles. The van der Waals surface area contributed by atoms with Gasteiger partial charge in [-0.25, -0.2) is 15.8 Å². The highest BCUT2D eigenvalue weighted by molar-refractivity contribution is 5.75. The summed E-state index contributed by atoms with van der Waals surface area (Å²) in [5.41, 5.74) is 3.07. The molecule has 0 aliphatic heterocycles. The lowest BCUT2D eigenvalue weighted by Gasteiger charge is -2.20. The van der Waals surface area contributed by atoms with Crippen LogP contribution in [-0.2, 0) is 14.9 Å². The number of rotatable bonds is 4. The Kier molecular flexibility index (Phi) is 4.66. The van der Waals surface area contributed by atoms with E-state index in [1.54, 1.807) is 0 Å². The number of methoxy groups -OCH3 is 1. The Morgan fingerprint density at radius 1 is 1.32 bits per heavy atom. The van der Waals surface area contributed by atoms with Crippen LogP contribution in [0.2, 0.25) is 0 Å². The lowest BCUT2D eigenvalue weighted by atomic mass is 9.95. The van der Waals surface area contributed by atoms with Crippen LogP contribution in [0.3, 0.4) is 0 Å². The molecule has 1 aromatic heterocycles. The van der Waals surface area contributed by atoms with Crippen molar-refractivity contribution in [3.8, 4) is 0 Å². The second-order valence-corrected chi connectivity index (χ2v) is 5.19. The van der Waals surface area contributed by atoms with Crippen molar-refractivity contribution in [1.29, 1.82) is 0 Å². The average Bonchev–Trinajstić information content (AvgIpc) is 2.35. The zero-order valence-corrected chi connectivity index (χ0v) is 12.0. The summed E-state index contributed by atoms with van der Waals surface area (Å²) in [4.78, 5) is 20.0. The Labute approximate surface area is 112 Å². The summed E-state index contributed by atoms with van der Waals surface area (Å²) < 4.78 is 4.58. The van der Waals surface area contributed by atoms with Gasteiger partial charge in [0.05, 0.1) is 7.11 Å². The molecule has 0 aromatic carbocycles. The van der Waals surface area contributed by atoms with Crippen LogP contribution in [0.15, 0.2) is 0 Å². The fourth-order valence-corrected chi connectivity index (χ4v) is 1.39. The van der Waals surface area contributed by atoms with E-state index in [4.69, 9.17) is 5.84 Å². The lowest BCUT2D eigenvalue weighted by molar-refractivity contribution is -0.138. The van der Waals surface area contributed by atoms with Crippen molar-refractivity contribution in [2.75, 3.05) is 24.4 Å². The van der Waals surface area contributed by atoms with Gasteiger partial charge in [0.15, 0.2) is 0 Å². The fraction of sp³-hybridized carbons (Fsp3) is 0.583. The van der Waals surface area contributed by atoms with Gasteiger partial charge in [-0.05, 0) is 6.92 Å². The molecule has 1 heterocycles. The van der Waals surface area contributed by atoms with Crippen molar-refractivity contribution >= 4 is 17.6 Å². The Morgan fingerprint density at radius 2 is 1.89 bits per heavy atom. The second kappa shape index (κ2) is 5.83. The molecule has 0 atom stereocenters. The predicted molar refractivity (Wildman–Crippen MR) is 73.8 cm³/mol. The first-order valence-electron chi connectivity index (χ1n) is 5.96. The molecular formula is C12H21N5O2. The Hall–Kier alpha value is -1.89. The largest absolute Gasteiger partial charge is 0.468 e. The number of ether oxygens (including phenoxy) is 1. The molecule has 19 heavy (non-hydrogen) atoms. The fourth-order valence-electron chi connectivity index (χ4n) is 1.39. The lowest BCUT2D eigenvalue weighted by Crippen LogP contribution is -2.23. The quantitative estimate of drug-likeness (QED) is 0.424. The monoisotopic (exact) mass is 267 g/mol. The van der Waals surface area contributed by atoms with Crippen molar-refractivity contribution in [1.82, 2.24) is 9.97 Å². The smallest absolute Gasteiger partial charge is 0.325 e. The highest BCUT2D eigenvalue weighted by atomic mass is 16.5. The number of aromatic nitrogens is 2. The van der Waals surface area contributed by atoms with Crippen molar-refractivity contribution in [3.05, 3.63) is 11.4 Å². The summed E-state index contributed by atoms with van der Waals surface area (Å²) in [5.74, 6) is 6.83.